The molecule has 0 bridgehead atoms. The quantitative estimate of drug-likeness (QED) is 0.355. The Balaban J connectivity index is 1.42. The average Bonchev–Trinajstić information content (AvgIpc) is 3.22. The lowest BCUT2D eigenvalue weighted by atomic mass is 10.2. The van der Waals surface area contributed by atoms with Crippen molar-refractivity contribution in [2.24, 2.45) is 0 Å². The van der Waals surface area contributed by atoms with E-state index in [4.69, 9.17) is 30.8 Å². The third kappa shape index (κ3) is 5.26. The van der Waals surface area contributed by atoms with Crippen LogP contribution in [0.4, 0.5) is 0 Å². The second-order valence-corrected chi connectivity index (χ2v) is 7.93. The summed E-state index contributed by atoms with van der Waals surface area (Å²) in [5.74, 6) is 2.42. The van der Waals surface area contributed by atoms with Crippen LogP contribution in [0.3, 0.4) is 0 Å². The number of aromatic nitrogens is 2. The number of imidazole rings is 1. The summed E-state index contributed by atoms with van der Waals surface area (Å²) in [6, 6.07) is 20.4. The number of benzene rings is 3. The fourth-order valence-corrected chi connectivity index (χ4v) is 3.93. The topological polar surface area (TPSA) is 74.6 Å². The zero-order valence-corrected chi connectivity index (χ0v) is 19.8. The minimum absolute atomic E-state index is 0.189. The first-order valence-electron chi connectivity index (χ1n) is 10.9. The number of nitrogens with one attached hydrogen (secondary N) is 1. The van der Waals surface area contributed by atoms with E-state index in [9.17, 15) is 4.79 Å². The van der Waals surface area contributed by atoms with Gasteiger partial charge >= 0.3 is 0 Å². The van der Waals surface area contributed by atoms with Crippen molar-refractivity contribution in [2.45, 2.75) is 13.0 Å². The molecule has 0 unspecified atom stereocenters. The third-order valence-corrected chi connectivity index (χ3v) is 5.73. The number of nitrogens with zero attached hydrogens (tertiary/aromatic N) is 2. The molecule has 0 aliphatic carbocycles. The summed E-state index contributed by atoms with van der Waals surface area (Å²) in [6.45, 7) is 1.47. The zero-order chi connectivity index (χ0) is 23.9. The molecule has 3 aromatic carbocycles. The van der Waals surface area contributed by atoms with Crippen molar-refractivity contribution in [1.29, 1.82) is 0 Å². The van der Waals surface area contributed by atoms with E-state index in [0.717, 1.165) is 16.9 Å². The van der Waals surface area contributed by atoms with Crippen molar-refractivity contribution in [2.75, 3.05) is 27.4 Å². The Kier molecular flexibility index (Phi) is 7.54. The molecule has 0 spiro atoms. The van der Waals surface area contributed by atoms with Crippen LogP contribution in [0.5, 0.6) is 17.2 Å². The Bertz CT molecular complexity index is 1290. The highest BCUT2D eigenvalue weighted by molar-refractivity contribution is 6.32. The van der Waals surface area contributed by atoms with E-state index in [2.05, 4.69) is 9.88 Å². The van der Waals surface area contributed by atoms with Gasteiger partial charge in [-0.2, -0.15) is 0 Å². The molecule has 34 heavy (non-hydrogen) atoms. The van der Waals surface area contributed by atoms with E-state index in [1.54, 1.807) is 38.5 Å². The Morgan fingerprint density at radius 1 is 0.971 bits per heavy atom. The van der Waals surface area contributed by atoms with Gasteiger partial charge in [0.15, 0.2) is 11.5 Å². The molecule has 1 N–H and O–H groups in total. The monoisotopic (exact) mass is 479 g/mol. The summed E-state index contributed by atoms with van der Waals surface area (Å²) in [4.78, 5) is 17.4. The number of hydrogen-bond acceptors (Lipinski definition) is 5. The van der Waals surface area contributed by atoms with Crippen molar-refractivity contribution in [3.05, 3.63) is 83.1 Å². The predicted molar refractivity (Wildman–Crippen MR) is 132 cm³/mol. The molecule has 4 aromatic rings. The second-order valence-electron chi connectivity index (χ2n) is 7.52. The van der Waals surface area contributed by atoms with Crippen molar-refractivity contribution in [3.63, 3.8) is 0 Å². The van der Waals surface area contributed by atoms with Gasteiger partial charge in [-0.3, -0.25) is 4.79 Å². The second kappa shape index (κ2) is 10.9. The van der Waals surface area contributed by atoms with Gasteiger partial charge in [0.05, 0.1) is 36.8 Å². The Hall–Kier alpha value is -3.71. The molecular weight excluding hydrogens is 454 g/mol. The zero-order valence-electron chi connectivity index (χ0n) is 19.1. The molecule has 0 aliphatic rings. The molecule has 0 atom stereocenters. The van der Waals surface area contributed by atoms with Gasteiger partial charge in [-0.05, 0) is 42.5 Å². The van der Waals surface area contributed by atoms with Gasteiger partial charge in [-0.25, -0.2) is 4.98 Å². The van der Waals surface area contributed by atoms with Gasteiger partial charge < -0.3 is 24.1 Å². The minimum Gasteiger partial charge on any atom is -0.493 e. The molecule has 1 aromatic heterocycles. The summed E-state index contributed by atoms with van der Waals surface area (Å²) >= 11 is 6.20. The van der Waals surface area contributed by atoms with Gasteiger partial charge in [0.1, 0.15) is 18.2 Å². The van der Waals surface area contributed by atoms with Crippen molar-refractivity contribution in [3.8, 4) is 17.2 Å². The van der Waals surface area contributed by atoms with Crippen molar-refractivity contribution >= 4 is 28.5 Å². The fourth-order valence-electron chi connectivity index (χ4n) is 3.74. The van der Waals surface area contributed by atoms with E-state index < -0.39 is 0 Å². The highest BCUT2D eigenvalue weighted by Gasteiger charge is 2.13. The fraction of sp³-hybridized carbons (Fsp3) is 0.231. The summed E-state index contributed by atoms with van der Waals surface area (Å²) in [6.07, 6.45) is 0.569. The van der Waals surface area contributed by atoms with Crippen LogP contribution in [-0.4, -0.2) is 42.8 Å². The number of carbonyl (C=O) groups excluding carboxylic acids is 1. The molecular formula is C26H26ClN3O4. The molecule has 1 heterocycles. The number of hydrogen-bond donors (Lipinski definition) is 1. The number of carbonyl (C=O) groups is 1. The van der Waals surface area contributed by atoms with E-state index in [1.807, 2.05) is 42.5 Å². The molecule has 0 fully saturated rings. The number of para-hydroxylation sites is 3. The van der Waals surface area contributed by atoms with Crippen LogP contribution in [0.1, 0.15) is 16.2 Å². The summed E-state index contributed by atoms with van der Waals surface area (Å²) in [7, 11) is 3.10. The largest absolute Gasteiger partial charge is 0.493 e. The standard InChI is InChI=1S/C26H26ClN3O4/c1-32-23-12-11-18(17-24(23)33-2)26(31)28-14-13-25-29-20-8-4-5-9-21(20)30(25)15-16-34-22-10-6-3-7-19(22)27/h3-12,17H,13-16H2,1-2H3,(H,28,31). The maximum Gasteiger partial charge on any atom is 0.251 e. The first kappa shape index (κ1) is 23.4. The van der Waals surface area contributed by atoms with Gasteiger partial charge in [0.25, 0.3) is 5.91 Å². The normalized spacial score (nSPS) is 10.8. The number of rotatable bonds is 10. The van der Waals surface area contributed by atoms with E-state index in [1.165, 1.54) is 0 Å². The Morgan fingerprint density at radius 3 is 2.53 bits per heavy atom. The van der Waals surface area contributed by atoms with Gasteiger partial charge in [0, 0.05) is 18.5 Å². The highest BCUT2D eigenvalue weighted by atomic mass is 35.5. The molecule has 0 aliphatic heterocycles. The van der Waals surface area contributed by atoms with Crippen molar-refractivity contribution < 1.29 is 19.0 Å². The molecule has 1 amide bonds. The highest BCUT2D eigenvalue weighted by Crippen LogP contribution is 2.27. The van der Waals surface area contributed by atoms with Crippen LogP contribution >= 0.6 is 11.6 Å². The van der Waals surface area contributed by atoms with E-state index >= 15 is 0 Å². The molecule has 8 heteroatoms. The predicted octanol–water partition coefficient (Wildman–Crippen LogP) is 4.76. The molecule has 0 saturated carbocycles. The Labute approximate surface area is 203 Å². The molecule has 0 saturated heterocycles. The Morgan fingerprint density at radius 2 is 1.74 bits per heavy atom. The van der Waals surface area contributed by atoms with E-state index in [0.29, 0.717) is 54.0 Å². The first-order valence-corrected chi connectivity index (χ1v) is 11.3. The van der Waals surface area contributed by atoms with E-state index in [-0.39, 0.29) is 5.91 Å². The lowest BCUT2D eigenvalue weighted by Gasteiger charge is -2.12. The van der Waals surface area contributed by atoms with Gasteiger partial charge in [-0.1, -0.05) is 35.9 Å². The third-order valence-electron chi connectivity index (χ3n) is 5.42. The number of methoxy groups -OCH3 is 2. The lowest BCUT2D eigenvalue weighted by Crippen LogP contribution is -2.26. The van der Waals surface area contributed by atoms with Crippen molar-refractivity contribution in [1.82, 2.24) is 14.9 Å². The number of ether oxygens (including phenoxy) is 3. The smallest absolute Gasteiger partial charge is 0.251 e. The number of fused-ring (bicyclic) bond motifs is 1. The summed E-state index contributed by atoms with van der Waals surface area (Å²) < 4.78 is 18.5. The maximum absolute atomic E-state index is 12.7. The van der Waals surface area contributed by atoms with Crippen LogP contribution in [0, 0.1) is 0 Å². The van der Waals surface area contributed by atoms with Crippen LogP contribution in [0.15, 0.2) is 66.7 Å². The number of amides is 1. The molecule has 7 nitrogen and oxygen atoms in total. The summed E-state index contributed by atoms with van der Waals surface area (Å²) in [5.41, 5.74) is 2.42. The SMILES string of the molecule is COc1ccc(C(=O)NCCc2nc3ccccc3n2CCOc2ccccc2Cl)cc1OC. The number of halogens is 1. The molecule has 176 valence electrons. The van der Waals surface area contributed by atoms with Crippen LogP contribution < -0.4 is 19.5 Å². The van der Waals surface area contributed by atoms with Gasteiger partial charge in [0.2, 0.25) is 0 Å². The average molecular weight is 480 g/mol. The maximum atomic E-state index is 12.7. The van der Waals surface area contributed by atoms with Crippen LogP contribution in [0.2, 0.25) is 5.02 Å². The molecule has 0 radical (unpaired) electrons. The van der Waals surface area contributed by atoms with Crippen LogP contribution in [0.25, 0.3) is 11.0 Å². The minimum atomic E-state index is -0.189. The summed E-state index contributed by atoms with van der Waals surface area (Å²) in [5, 5.41) is 3.54. The van der Waals surface area contributed by atoms with Crippen LogP contribution in [-0.2, 0) is 13.0 Å². The van der Waals surface area contributed by atoms with Gasteiger partial charge in [-0.15, -0.1) is 0 Å². The first-order chi connectivity index (χ1) is 16.6. The molecule has 4 rings (SSSR count). The lowest BCUT2D eigenvalue weighted by molar-refractivity contribution is 0.0953.